The van der Waals surface area contributed by atoms with Crippen LogP contribution in [0.25, 0.3) is 0 Å². The number of carbonyl (C=O) groups is 2. The molecule has 2 atom stereocenters. The Kier molecular flexibility index (Phi) is 5.44. The molecule has 3 aromatic rings. The first-order chi connectivity index (χ1) is 14.5. The Hall–Kier alpha value is -3.73. The molecule has 0 saturated carbocycles. The molecule has 0 aliphatic carbocycles. The van der Waals surface area contributed by atoms with Crippen LogP contribution in [0, 0.1) is 13.8 Å². The van der Waals surface area contributed by atoms with Crippen molar-refractivity contribution in [3.05, 3.63) is 107 Å². The van der Waals surface area contributed by atoms with E-state index in [2.05, 4.69) is 10.7 Å². The summed E-state index contributed by atoms with van der Waals surface area (Å²) in [7, 11) is 0. The number of carbonyl (C=O) groups excluding carboxylic acids is 2. The summed E-state index contributed by atoms with van der Waals surface area (Å²) in [4.78, 5) is 25.7. The smallest absolute Gasteiger partial charge is 0.304 e. The summed E-state index contributed by atoms with van der Waals surface area (Å²) in [5.41, 5.74) is 7.63. The van der Waals surface area contributed by atoms with Crippen molar-refractivity contribution >= 4 is 18.0 Å². The lowest BCUT2D eigenvalue weighted by Gasteiger charge is -2.15. The molecule has 5 heteroatoms. The minimum Gasteiger partial charge on any atom is -0.334 e. The molecule has 1 fully saturated rings. The predicted molar refractivity (Wildman–Crippen MR) is 116 cm³/mol. The molecule has 0 radical (unpaired) electrons. The first kappa shape index (κ1) is 19.6. The largest absolute Gasteiger partial charge is 0.334 e. The third-order valence-corrected chi connectivity index (χ3v) is 5.35. The van der Waals surface area contributed by atoms with Gasteiger partial charge in [0.2, 0.25) is 12.3 Å². The van der Waals surface area contributed by atoms with Gasteiger partial charge in [-0.2, -0.15) is 0 Å². The Labute approximate surface area is 176 Å². The van der Waals surface area contributed by atoms with Crippen LogP contribution in [0.15, 0.2) is 78.9 Å². The Balaban J connectivity index is 1.73. The van der Waals surface area contributed by atoms with Crippen molar-refractivity contribution in [2.45, 2.75) is 25.9 Å². The highest BCUT2D eigenvalue weighted by atomic mass is 16.2. The molecule has 1 aliphatic heterocycles. The van der Waals surface area contributed by atoms with E-state index in [-0.39, 0.29) is 17.9 Å². The summed E-state index contributed by atoms with van der Waals surface area (Å²) < 4.78 is 1.80. The van der Waals surface area contributed by atoms with E-state index in [4.69, 9.17) is 0 Å². The third-order valence-electron chi connectivity index (χ3n) is 5.35. The van der Waals surface area contributed by atoms with Crippen molar-refractivity contribution in [2.75, 3.05) is 0 Å². The summed E-state index contributed by atoms with van der Waals surface area (Å²) in [6, 6.07) is 23.9. The molecule has 0 aromatic heterocycles. The standard InChI is InChI=1S/C25H23N3O2/c1-17-12-14-19(15-13-17)23-22(26-24(29)20-9-4-3-5-10-20)25(30)27-28(23)16-21-11-7-6-8-18(21)2/h3-16,22-23H,1-2H3,(H-,26,27,29,30)/p+1/b28-16-/t22-,23-/m0/s1. The maximum absolute atomic E-state index is 12.9. The molecule has 3 aromatic carbocycles. The second kappa shape index (κ2) is 8.33. The van der Waals surface area contributed by atoms with Crippen LogP contribution in [-0.4, -0.2) is 28.8 Å². The van der Waals surface area contributed by atoms with Gasteiger partial charge in [0.05, 0.1) is 0 Å². The molecule has 0 spiro atoms. The van der Waals surface area contributed by atoms with Gasteiger partial charge in [-0.3, -0.25) is 9.59 Å². The molecule has 4 rings (SSSR count). The van der Waals surface area contributed by atoms with Crippen molar-refractivity contribution < 1.29 is 14.3 Å². The van der Waals surface area contributed by atoms with Gasteiger partial charge < -0.3 is 5.32 Å². The fourth-order valence-corrected chi connectivity index (χ4v) is 3.64. The fourth-order valence-electron chi connectivity index (χ4n) is 3.64. The van der Waals surface area contributed by atoms with E-state index < -0.39 is 6.04 Å². The molecule has 1 saturated heterocycles. The molecule has 1 aliphatic rings. The zero-order valence-electron chi connectivity index (χ0n) is 17.0. The number of hydrazone groups is 1. The van der Waals surface area contributed by atoms with Gasteiger partial charge in [-0.1, -0.05) is 66.2 Å². The van der Waals surface area contributed by atoms with Crippen molar-refractivity contribution in [3.63, 3.8) is 0 Å². The monoisotopic (exact) mass is 398 g/mol. The Morgan fingerprint density at radius 2 is 1.60 bits per heavy atom. The van der Waals surface area contributed by atoms with Crippen LogP contribution in [0.2, 0.25) is 0 Å². The number of nitrogens with one attached hydrogen (secondary N) is 2. The molecule has 1 heterocycles. The van der Waals surface area contributed by atoms with E-state index in [9.17, 15) is 9.59 Å². The highest BCUT2D eigenvalue weighted by Gasteiger charge is 2.47. The lowest BCUT2D eigenvalue weighted by atomic mass is 9.98. The van der Waals surface area contributed by atoms with Crippen LogP contribution in [0.3, 0.4) is 0 Å². The lowest BCUT2D eigenvalue weighted by Crippen LogP contribution is -2.42. The minimum atomic E-state index is -0.722. The second-order valence-electron chi connectivity index (χ2n) is 7.54. The quantitative estimate of drug-likeness (QED) is 0.663. The predicted octanol–water partition coefficient (Wildman–Crippen LogP) is 3.32. The van der Waals surface area contributed by atoms with Crippen molar-refractivity contribution in [2.24, 2.45) is 0 Å². The number of hydrogen-bond donors (Lipinski definition) is 2. The number of amides is 2. The van der Waals surface area contributed by atoms with Gasteiger partial charge in [-0.25, -0.2) is 0 Å². The summed E-state index contributed by atoms with van der Waals surface area (Å²) in [6.45, 7) is 4.05. The number of hydrogen-bond acceptors (Lipinski definition) is 2. The Bertz CT molecular complexity index is 1100. The van der Waals surface area contributed by atoms with Crippen LogP contribution < -0.4 is 10.7 Å². The van der Waals surface area contributed by atoms with Crippen molar-refractivity contribution in [1.29, 1.82) is 0 Å². The highest BCUT2D eigenvalue weighted by Crippen LogP contribution is 2.26. The number of benzene rings is 3. The third kappa shape index (κ3) is 4.01. The molecule has 30 heavy (non-hydrogen) atoms. The summed E-state index contributed by atoms with van der Waals surface area (Å²) in [6.07, 6.45) is 1.92. The van der Waals surface area contributed by atoms with Gasteiger partial charge in [0.15, 0.2) is 6.04 Å². The second-order valence-corrected chi connectivity index (χ2v) is 7.54. The molecular weight excluding hydrogens is 374 g/mol. The SMILES string of the molecule is Cc1ccc([C@H]2[C@H](NC(=O)c3ccccc3)C(=O)N/[N+]2=C\c2ccccc2C)cc1. The molecule has 0 bridgehead atoms. The van der Waals surface area contributed by atoms with Gasteiger partial charge in [-0.05, 0) is 37.6 Å². The first-order valence-corrected chi connectivity index (χ1v) is 9.95. The zero-order valence-corrected chi connectivity index (χ0v) is 17.0. The van der Waals surface area contributed by atoms with Crippen LogP contribution in [0.5, 0.6) is 0 Å². The van der Waals surface area contributed by atoms with Crippen LogP contribution in [-0.2, 0) is 4.79 Å². The van der Waals surface area contributed by atoms with Gasteiger partial charge in [-0.15, -0.1) is 10.1 Å². The Morgan fingerprint density at radius 3 is 2.30 bits per heavy atom. The summed E-state index contributed by atoms with van der Waals surface area (Å²) in [5, 5.41) is 2.93. The normalized spacial score (nSPS) is 19.5. The Morgan fingerprint density at radius 1 is 0.933 bits per heavy atom. The number of hydrazine groups is 1. The van der Waals surface area contributed by atoms with E-state index in [1.54, 1.807) is 28.9 Å². The van der Waals surface area contributed by atoms with E-state index in [0.717, 1.165) is 22.3 Å². The summed E-state index contributed by atoms with van der Waals surface area (Å²) in [5.74, 6) is -0.514. The zero-order chi connectivity index (χ0) is 21.1. The van der Waals surface area contributed by atoms with E-state index in [1.807, 2.05) is 74.7 Å². The maximum atomic E-state index is 12.9. The lowest BCUT2D eigenvalue weighted by molar-refractivity contribution is -0.596. The van der Waals surface area contributed by atoms with E-state index >= 15 is 0 Å². The number of aryl methyl sites for hydroxylation is 2. The minimum absolute atomic E-state index is 0.241. The van der Waals surface area contributed by atoms with E-state index in [0.29, 0.717) is 5.56 Å². The molecule has 5 nitrogen and oxygen atoms in total. The highest BCUT2D eigenvalue weighted by molar-refractivity contribution is 5.98. The molecule has 0 unspecified atom stereocenters. The summed E-state index contributed by atoms with van der Waals surface area (Å²) >= 11 is 0. The van der Waals surface area contributed by atoms with Crippen molar-refractivity contribution in [3.8, 4) is 0 Å². The van der Waals surface area contributed by atoms with Crippen LogP contribution in [0.4, 0.5) is 0 Å². The van der Waals surface area contributed by atoms with Gasteiger partial charge in [0.25, 0.3) is 5.91 Å². The number of nitrogens with zero attached hydrogens (tertiary/aromatic N) is 1. The van der Waals surface area contributed by atoms with Crippen LogP contribution in [0.1, 0.15) is 38.7 Å². The molecule has 2 N–H and O–H groups in total. The molecule has 2 amide bonds. The molecular formula is C25H24N3O2+. The van der Waals surface area contributed by atoms with Crippen LogP contribution >= 0.6 is 0 Å². The average molecular weight is 398 g/mol. The first-order valence-electron chi connectivity index (χ1n) is 9.95. The van der Waals surface area contributed by atoms with Gasteiger partial charge in [0, 0.05) is 16.7 Å². The average Bonchev–Trinajstić information content (AvgIpc) is 3.05. The van der Waals surface area contributed by atoms with Gasteiger partial charge in [0.1, 0.15) is 0 Å². The molecule has 150 valence electrons. The maximum Gasteiger partial charge on any atom is 0.304 e. The number of rotatable bonds is 4. The fraction of sp³-hybridized carbons (Fsp3) is 0.160. The van der Waals surface area contributed by atoms with Crippen molar-refractivity contribution in [1.82, 2.24) is 10.7 Å². The van der Waals surface area contributed by atoms with E-state index in [1.165, 1.54) is 0 Å². The topological polar surface area (TPSA) is 61.2 Å². The van der Waals surface area contributed by atoms with Gasteiger partial charge >= 0.3 is 5.91 Å².